The number of anilines is 2. The molecule has 2 aromatic carbocycles. The van der Waals surface area contributed by atoms with Gasteiger partial charge < -0.3 is 25.2 Å². The third kappa shape index (κ3) is 4.30. The fourth-order valence-corrected chi connectivity index (χ4v) is 4.10. The molecule has 0 saturated carbocycles. The van der Waals surface area contributed by atoms with Gasteiger partial charge in [-0.05, 0) is 43.2 Å². The fourth-order valence-electron chi connectivity index (χ4n) is 4.10. The summed E-state index contributed by atoms with van der Waals surface area (Å²) in [7, 11) is 3.31. The third-order valence-electron chi connectivity index (χ3n) is 6.14. The lowest BCUT2D eigenvalue weighted by molar-refractivity contribution is 0.307. The molecule has 3 aromatic rings. The molecule has 31 heavy (non-hydrogen) atoms. The van der Waals surface area contributed by atoms with Crippen molar-refractivity contribution >= 4 is 22.3 Å². The molecular weight excluding hydrogens is 390 g/mol. The van der Waals surface area contributed by atoms with E-state index >= 15 is 0 Å². The molecule has 6 heteroatoms. The number of methoxy groups -OCH3 is 2. The molecule has 3 N–H and O–H groups in total. The zero-order valence-electron chi connectivity index (χ0n) is 18.2. The van der Waals surface area contributed by atoms with Crippen molar-refractivity contribution in [1.29, 1.82) is 0 Å². The van der Waals surface area contributed by atoms with Gasteiger partial charge in [0.1, 0.15) is 17.3 Å². The van der Waals surface area contributed by atoms with Crippen LogP contribution in [0.25, 0.3) is 10.8 Å². The van der Waals surface area contributed by atoms with E-state index in [0.29, 0.717) is 12.5 Å². The first kappa shape index (κ1) is 21.0. The van der Waals surface area contributed by atoms with E-state index in [9.17, 15) is 5.11 Å². The van der Waals surface area contributed by atoms with Crippen molar-refractivity contribution in [2.45, 2.75) is 19.9 Å². The predicted molar refractivity (Wildman–Crippen MR) is 125 cm³/mol. The van der Waals surface area contributed by atoms with Crippen LogP contribution in [-0.2, 0) is 6.54 Å². The summed E-state index contributed by atoms with van der Waals surface area (Å²) in [5.74, 6) is 2.86. The lowest BCUT2D eigenvalue weighted by atomic mass is 9.78. The molecule has 0 spiro atoms. The minimum Gasteiger partial charge on any atom is -0.497 e. The zero-order valence-corrected chi connectivity index (χ0v) is 18.2. The Kier molecular flexibility index (Phi) is 6.28. The second-order valence-corrected chi connectivity index (χ2v) is 7.82. The largest absolute Gasteiger partial charge is 0.497 e. The molecule has 1 aliphatic rings. The summed E-state index contributed by atoms with van der Waals surface area (Å²) in [6, 6.07) is 14.1. The number of nitrogens with zero attached hydrogens (tertiary/aromatic N) is 1. The van der Waals surface area contributed by atoms with Crippen molar-refractivity contribution < 1.29 is 14.6 Å². The number of ether oxygens (including phenoxy) is 2. The lowest BCUT2D eigenvalue weighted by Crippen LogP contribution is -2.26. The molecule has 1 unspecified atom stereocenters. The van der Waals surface area contributed by atoms with Gasteiger partial charge in [0, 0.05) is 53.3 Å². The number of nitrogens with one attached hydrogen (secondary N) is 2. The Hall–Kier alpha value is -3.25. The van der Waals surface area contributed by atoms with E-state index in [-0.39, 0.29) is 6.61 Å². The highest BCUT2D eigenvalue weighted by Crippen LogP contribution is 2.35. The van der Waals surface area contributed by atoms with Crippen LogP contribution in [0.3, 0.4) is 0 Å². The Morgan fingerprint density at radius 3 is 2.68 bits per heavy atom. The van der Waals surface area contributed by atoms with E-state index in [4.69, 9.17) is 9.47 Å². The summed E-state index contributed by atoms with van der Waals surface area (Å²) < 4.78 is 10.8. The topological polar surface area (TPSA) is 75.6 Å². The highest BCUT2D eigenvalue weighted by molar-refractivity contribution is 5.99. The van der Waals surface area contributed by atoms with E-state index in [1.807, 2.05) is 36.5 Å². The van der Waals surface area contributed by atoms with Crippen molar-refractivity contribution in [2.75, 3.05) is 38.0 Å². The number of aliphatic hydroxyl groups is 1. The average Bonchev–Trinajstić information content (AvgIpc) is 2.81. The molecule has 1 heterocycles. The molecule has 0 saturated heterocycles. The Balaban J connectivity index is 1.51. The summed E-state index contributed by atoms with van der Waals surface area (Å²) >= 11 is 0. The molecule has 0 bridgehead atoms. The van der Waals surface area contributed by atoms with E-state index in [0.717, 1.165) is 52.3 Å². The van der Waals surface area contributed by atoms with Crippen molar-refractivity contribution in [3.63, 3.8) is 0 Å². The molecule has 1 aliphatic carbocycles. The summed E-state index contributed by atoms with van der Waals surface area (Å²) in [6.45, 7) is 3.75. The van der Waals surface area contributed by atoms with Crippen LogP contribution in [0, 0.1) is 5.92 Å². The van der Waals surface area contributed by atoms with Crippen molar-refractivity contribution in [3.05, 3.63) is 65.4 Å². The van der Waals surface area contributed by atoms with E-state index in [1.165, 1.54) is 11.1 Å². The molecule has 6 nitrogen and oxygen atoms in total. The monoisotopic (exact) mass is 419 g/mol. The summed E-state index contributed by atoms with van der Waals surface area (Å²) in [5, 5.41) is 18.6. The fraction of sp³-hybridized carbons (Fsp3) is 0.320. The molecular formula is C25H29N3O3. The number of aromatic nitrogens is 1. The van der Waals surface area contributed by atoms with Crippen LogP contribution in [0.5, 0.6) is 11.5 Å². The number of pyridine rings is 1. The number of benzene rings is 2. The quantitative estimate of drug-likeness (QED) is 0.440. The van der Waals surface area contributed by atoms with Crippen LogP contribution in [-0.4, -0.2) is 37.5 Å². The van der Waals surface area contributed by atoms with Crippen LogP contribution in [0.1, 0.15) is 18.9 Å². The first-order valence-electron chi connectivity index (χ1n) is 10.5. The van der Waals surface area contributed by atoms with Crippen LogP contribution in [0.2, 0.25) is 0 Å². The van der Waals surface area contributed by atoms with E-state index < -0.39 is 0 Å². The highest BCUT2D eigenvalue weighted by atomic mass is 16.5. The van der Waals surface area contributed by atoms with E-state index in [2.05, 4.69) is 34.7 Å². The van der Waals surface area contributed by atoms with Crippen LogP contribution < -0.4 is 20.1 Å². The number of fused-ring (bicyclic) bond motifs is 1. The van der Waals surface area contributed by atoms with Gasteiger partial charge >= 0.3 is 0 Å². The standard InChI is InChI=1S/C25H29N3O3/c1-16-18(11-19(16)15-29)14-27-23-6-4-5-22-21(23)9-10-26-25(22)28-13-17-7-8-20(30-2)12-24(17)31-3/h4-10,12,18,27,29H,11,13-15H2,1-3H3,(H,26,28). The van der Waals surface area contributed by atoms with Crippen LogP contribution in [0.4, 0.5) is 11.5 Å². The first-order chi connectivity index (χ1) is 15.1. The van der Waals surface area contributed by atoms with Crippen LogP contribution >= 0.6 is 0 Å². The number of rotatable bonds is 9. The minimum atomic E-state index is 0.177. The predicted octanol–water partition coefficient (Wildman–Crippen LogP) is 4.60. The summed E-state index contributed by atoms with van der Waals surface area (Å²) in [5.41, 5.74) is 4.61. The van der Waals surface area contributed by atoms with Gasteiger partial charge in [0.25, 0.3) is 0 Å². The van der Waals surface area contributed by atoms with Gasteiger partial charge in [-0.25, -0.2) is 4.98 Å². The second kappa shape index (κ2) is 9.27. The Bertz CT molecular complexity index is 1110. The van der Waals surface area contributed by atoms with Crippen molar-refractivity contribution in [1.82, 2.24) is 4.98 Å². The van der Waals surface area contributed by atoms with Crippen molar-refractivity contribution in [2.24, 2.45) is 5.92 Å². The molecule has 0 radical (unpaired) electrons. The van der Waals surface area contributed by atoms with Gasteiger partial charge in [-0.2, -0.15) is 0 Å². The number of aliphatic hydroxyl groups excluding tert-OH is 1. The maximum absolute atomic E-state index is 9.32. The number of hydrogen-bond donors (Lipinski definition) is 3. The average molecular weight is 420 g/mol. The van der Waals surface area contributed by atoms with Gasteiger partial charge in [0.2, 0.25) is 0 Å². The lowest BCUT2D eigenvalue weighted by Gasteiger charge is -2.31. The molecule has 1 atom stereocenters. The van der Waals surface area contributed by atoms with Gasteiger partial charge in [0.05, 0.1) is 20.8 Å². The molecule has 1 aromatic heterocycles. The smallest absolute Gasteiger partial charge is 0.134 e. The molecule has 4 rings (SSSR count). The zero-order chi connectivity index (χ0) is 21.8. The molecule has 162 valence electrons. The maximum atomic E-state index is 9.32. The van der Waals surface area contributed by atoms with Gasteiger partial charge in [-0.3, -0.25) is 0 Å². The van der Waals surface area contributed by atoms with Crippen molar-refractivity contribution in [3.8, 4) is 11.5 Å². The normalized spacial score (nSPS) is 15.5. The second-order valence-electron chi connectivity index (χ2n) is 7.82. The maximum Gasteiger partial charge on any atom is 0.134 e. The van der Waals surface area contributed by atoms with Gasteiger partial charge in [0.15, 0.2) is 0 Å². The van der Waals surface area contributed by atoms with E-state index in [1.54, 1.807) is 14.2 Å². The number of hydrogen-bond acceptors (Lipinski definition) is 6. The van der Waals surface area contributed by atoms with Gasteiger partial charge in [-0.1, -0.05) is 17.7 Å². The molecule has 0 fully saturated rings. The Morgan fingerprint density at radius 1 is 1.06 bits per heavy atom. The third-order valence-corrected chi connectivity index (χ3v) is 6.14. The summed E-state index contributed by atoms with van der Waals surface area (Å²) in [4.78, 5) is 4.57. The highest BCUT2D eigenvalue weighted by Gasteiger charge is 2.25. The summed E-state index contributed by atoms with van der Waals surface area (Å²) in [6.07, 6.45) is 2.80. The van der Waals surface area contributed by atoms with Crippen LogP contribution in [0.15, 0.2) is 59.8 Å². The Labute approximate surface area is 182 Å². The minimum absolute atomic E-state index is 0.177. The van der Waals surface area contributed by atoms with Gasteiger partial charge in [-0.15, -0.1) is 0 Å². The Morgan fingerprint density at radius 2 is 1.94 bits per heavy atom. The SMILES string of the molecule is COc1ccc(CNc2nccc3c(NCC4CC(CO)=C4C)cccc23)c(OC)c1. The first-order valence-corrected chi connectivity index (χ1v) is 10.5. The molecule has 0 amide bonds. The molecule has 0 aliphatic heterocycles.